The molecule has 0 amide bonds. The molecule has 0 spiro atoms. The van der Waals surface area contributed by atoms with Crippen molar-refractivity contribution < 1.29 is 0 Å². The van der Waals surface area contributed by atoms with Crippen LogP contribution in [0.1, 0.15) is 75.2 Å². The van der Waals surface area contributed by atoms with E-state index in [0.717, 1.165) is 5.92 Å². The number of allylic oxidation sites excluding steroid dienone is 8. The minimum absolute atomic E-state index is 0.686. The number of hydrogen-bond donors (Lipinski definition) is 0. The predicted molar refractivity (Wildman–Crippen MR) is 106 cm³/mol. The van der Waals surface area contributed by atoms with Crippen molar-refractivity contribution in [2.75, 3.05) is 0 Å². The first-order valence-electron chi connectivity index (χ1n) is 9.20. The second-order valence-corrected chi connectivity index (χ2v) is 8.44. The van der Waals surface area contributed by atoms with Crippen LogP contribution in [0.3, 0.4) is 0 Å². The van der Waals surface area contributed by atoms with Gasteiger partial charge in [0.15, 0.2) is 0 Å². The average molecular weight is 315 g/mol. The van der Waals surface area contributed by atoms with E-state index in [1.165, 1.54) is 35.1 Å². The first-order valence-corrected chi connectivity index (χ1v) is 9.20. The maximum atomic E-state index is 2.54. The van der Waals surface area contributed by atoms with E-state index in [1.807, 2.05) is 0 Å². The molecule has 4 atom stereocenters. The molecule has 4 unspecified atom stereocenters. The fourth-order valence-electron chi connectivity index (χ4n) is 4.11. The summed E-state index contributed by atoms with van der Waals surface area (Å²) in [6, 6.07) is 0. The van der Waals surface area contributed by atoms with Crippen LogP contribution in [0, 0.1) is 23.7 Å². The molecule has 130 valence electrons. The summed E-state index contributed by atoms with van der Waals surface area (Å²) < 4.78 is 0. The zero-order valence-electron chi connectivity index (χ0n) is 17.0. The van der Waals surface area contributed by atoms with Crippen LogP contribution in [0.4, 0.5) is 0 Å². The lowest BCUT2D eigenvalue weighted by atomic mass is 9.78. The topological polar surface area (TPSA) is 0 Å². The minimum Gasteiger partial charge on any atom is -0.0856 e. The van der Waals surface area contributed by atoms with Crippen LogP contribution in [-0.4, -0.2) is 0 Å². The highest BCUT2D eigenvalue weighted by atomic mass is 14.5. The van der Waals surface area contributed by atoms with Crippen molar-refractivity contribution in [3.63, 3.8) is 0 Å². The Balaban J connectivity index is 3.31. The molecule has 0 radical (unpaired) electrons. The molecule has 1 fully saturated rings. The summed E-state index contributed by atoms with van der Waals surface area (Å²) >= 11 is 0. The highest BCUT2D eigenvalue weighted by Gasteiger charge is 2.41. The molecule has 0 nitrogen and oxygen atoms in total. The Morgan fingerprint density at radius 1 is 0.739 bits per heavy atom. The summed E-state index contributed by atoms with van der Waals surface area (Å²) in [4.78, 5) is 0. The van der Waals surface area contributed by atoms with Crippen molar-refractivity contribution in [3.8, 4) is 0 Å². The van der Waals surface area contributed by atoms with Crippen molar-refractivity contribution in [2.45, 2.75) is 75.2 Å². The molecule has 23 heavy (non-hydrogen) atoms. The lowest BCUT2D eigenvalue weighted by Crippen LogP contribution is -2.18. The second kappa shape index (κ2) is 8.71. The van der Waals surface area contributed by atoms with Crippen molar-refractivity contribution in [3.05, 3.63) is 46.1 Å². The molecule has 1 aliphatic carbocycles. The van der Waals surface area contributed by atoms with Gasteiger partial charge < -0.3 is 0 Å². The molecule has 0 aliphatic heterocycles. The van der Waals surface area contributed by atoms with Crippen LogP contribution in [0.5, 0.6) is 0 Å². The van der Waals surface area contributed by atoms with E-state index in [4.69, 9.17) is 0 Å². The van der Waals surface area contributed by atoms with E-state index >= 15 is 0 Å². The summed E-state index contributed by atoms with van der Waals surface area (Å²) in [6.07, 6.45) is 10.0. The fourth-order valence-corrected chi connectivity index (χ4v) is 4.11. The van der Waals surface area contributed by atoms with Crippen LogP contribution >= 0.6 is 0 Å². The Kier molecular flexibility index (Phi) is 7.58. The quantitative estimate of drug-likeness (QED) is 0.461. The Morgan fingerprint density at radius 2 is 1.26 bits per heavy atom. The van der Waals surface area contributed by atoms with Gasteiger partial charge in [-0.2, -0.15) is 0 Å². The fraction of sp³-hybridized carbons (Fsp3) is 0.652. The summed E-state index contributed by atoms with van der Waals surface area (Å²) in [7, 11) is 0. The van der Waals surface area contributed by atoms with Gasteiger partial charge in [-0.15, -0.1) is 0 Å². The van der Waals surface area contributed by atoms with Gasteiger partial charge in [0.25, 0.3) is 0 Å². The van der Waals surface area contributed by atoms with Crippen LogP contribution in [0.2, 0.25) is 0 Å². The third-order valence-corrected chi connectivity index (χ3v) is 5.20. The Labute approximate surface area is 145 Å². The molecule has 1 rings (SSSR count). The molecule has 0 aromatic heterocycles. The van der Waals surface area contributed by atoms with E-state index in [9.17, 15) is 0 Å². The molecule has 0 heteroatoms. The smallest absolute Gasteiger partial charge is 0.0103 e. The average Bonchev–Trinajstić information content (AvgIpc) is 2.70. The highest BCUT2D eigenvalue weighted by Crippen LogP contribution is 2.49. The van der Waals surface area contributed by atoms with Gasteiger partial charge in [-0.3, -0.25) is 0 Å². The zero-order valence-corrected chi connectivity index (χ0v) is 17.0. The molecule has 0 bridgehead atoms. The van der Waals surface area contributed by atoms with Gasteiger partial charge in [-0.25, -0.2) is 0 Å². The zero-order chi connectivity index (χ0) is 17.7. The minimum atomic E-state index is 0.686. The largest absolute Gasteiger partial charge is 0.0856 e. The first kappa shape index (κ1) is 20.0. The van der Waals surface area contributed by atoms with E-state index < -0.39 is 0 Å². The lowest BCUT2D eigenvalue weighted by Gasteiger charge is -2.27. The van der Waals surface area contributed by atoms with Crippen LogP contribution < -0.4 is 0 Å². The normalized spacial score (nSPS) is 26.5. The standard InChI is InChI=1S/C23H38/c1-15(2)10-11-22-20(12-16(3)4)14-21(13-17(5)6)23(22)19(9)18(7)8/h10,12-13,20-23H,11,14H2,1-9H3. The summed E-state index contributed by atoms with van der Waals surface area (Å²) in [6.45, 7) is 20.4. The van der Waals surface area contributed by atoms with Gasteiger partial charge in [-0.1, -0.05) is 46.1 Å². The molecule has 0 N–H and O–H groups in total. The van der Waals surface area contributed by atoms with E-state index in [0.29, 0.717) is 17.8 Å². The van der Waals surface area contributed by atoms with Gasteiger partial charge in [-0.05, 0) is 98.8 Å². The Morgan fingerprint density at radius 3 is 1.70 bits per heavy atom. The van der Waals surface area contributed by atoms with E-state index in [-0.39, 0.29) is 0 Å². The van der Waals surface area contributed by atoms with E-state index in [2.05, 4.69) is 80.5 Å². The number of rotatable bonds is 5. The SMILES string of the molecule is CC(C)=CCC1C(C=C(C)C)CC(C=C(C)C)C1C(C)=C(C)C. The van der Waals surface area contributed by atoms with Gasteiger partial charge >= 0.3 is 0 Å². The number of hydrogen-bond acceptors (Lipinski definition) is 0. The highest BCUT2D eigenvalue weighted by molar-refractivity contribution is 5.22. The summed E-state index contributed by atoms with van der Waals surface area (Å²) in [5.41, 5.74) is 7.48. The predicted octanol–water partition coefficient (Wildman–Crippen LogP) is 7.50. The summed E-state index contributed by atoms with van der Waals surface area (Å²) in [5, 5.41) is 0. The third kappa shape index (κ3) is 5.83. The monoisotopic (exact) mass is 314 g/mol. The van der Waals surface area contributed by atoms with Gasteiger partial charge in [0, 0.05) is 0 Å². The molecular formula is C23H38. The van der Waals surface area contributed by atoms with Crippen LogP contribution in [-0.2, 0) is 0 Å². The van der Waals surface area contributed by atoms with Crippen molar-refractivity contribution in [1.82, 2.24) is 0 Å². The summed E-state index contributed by atoms with van der Waals surface area (Å²) in [5.74, 6) is 2.81. The van der Waals surface area contributed by atoms with E-state index in [1.54, 1.807) is 5.57 Å². The van der Waals surface area contributed by atoms with Crippen molar-refractivity contribution in [1.29, 1.82) is 0 Å². The van der Waals surface area contributed by atoms with Gasteiger partial charge in [0.1, 0.15) is 0 Å². The molecule has 0 heterocycles. The van der Waals surface area contributed by atoms with Crippen molar-refractivity contribution >= 4 is 0 Å². The van der Waals surface area contributed by atoms with Gasteiger partial charge in [0.05, 0.1) is 0 Å². The molecule has 0 aromatic carbocycles. The molecule has 1 aliphatic rings. The van der Waals surface area contributed by atoms with Crippen LogP contribution in [0.25, 0.3) is 0 Å². The van der Waals surface area contributed by atoms with Gasteiger partial charge in [0.2, 0.25) is 0 Å². The molecular weight excluding hydrogens is 276 g/mol. The maximum absolute atomic E-state index is 2.54. The Hall–Kier alpha value is -1.04. The maximum Gasteiger partial charge on any atom is -0.0103 e. The molecule has 0 saturated heterocycles. The molecule has 0 aromatic rings. The second-order valence-electron chi connectivity index (χ2n) is 8.44. The first-order chi connectivity index (χ1) is 10.6. The lowest BCUT2D eigenvalue weighted by molar-refractivity contribution is 0.367. The Bertz CT molecular complexity index is 508. The third-order valence-electron chi connectivity index (χ3n) is 5.20. The van der Waals surface area contributed by atoms with Crippen molar-refractivity contribution in [2.24, 2.45) is 23.7 Å². The van der Waals surface area contributed by atoms with Crippen LogP contribution in [0.15, 0.2) is 46.1 Å². The molecule has 1 saturated carbocycles.